The maximum absolute atomic E-state index is 12.6. The molecule has 0 bridgehead atoms. The largest absolute Gasteiger partial charge is 0.377 e. The van der Waals surface area contributed by atoms with Crippen LogP contribution in [-0.2, 0) is 14.8 Å². The molecule has 2 rings (SSSR count). The van der Waals surface area contributed by atoms with E-state index in [0.717, 1.165) is 0 Å². The number of likely N-dealkylation sites (N-methyl/N-ethyl adjacent to an activating group) is 1. The summed E-state index contributed by atoms with van der Waals surface area (Å²) in [6, 6.07) is 1.35. The fourth-order valence-corrected chi connectivity index (χ4v) is 3.78. The van der Waals surface area contributed by atoms with E-state index < -0.39 is 10.0 Å². The summed E-state index contributed by atoms with van der Waals surface area (Å²) >= 11 is 0. The summed E-state index contributed by atoms with van der Waals surface area (Å²) in [5.41, 5.74) is 2.71. The van der Waals surface area contributed by atoms with Gasteiger partial charge >= 0.3 is 0 Å². The van der Waals surface area contributed by atoms with Crippen molar-refractivity contribution in [1.82, 2.24) is 9.29 Å². The van der Waals surface area contributed by atoms with Crippen LogP contribution in [0.1, 0.15) is 13.3 Å². The molecule has 2 unspecified atom stereocenters. The highest BCUT2D eigenvalue weighted by atomic mass is 32.2. The fourth-order valence-electron chi connectivity index (χ4n) is 2.24. The maximum atomic E-state index is 12.6. The molecule has 1 saturated heterocycles. The number of nitrogens with two attached hydrogens (primary N) is 1. The molecule has 3 N–H and O–H groups in total. The second-order valence-electron chi connectivity index (χ2n) is 4.47. The van der Waals surface area contributed by atoms with Gasteiger partial charge in [0.05, 0.1) is 17.8 Å². The zero-order chi connectivity index (χ0) is 14.0. The number of ether oxygens (including phenoxy) is 1. The molecule has 1 fully saturated rings. The van der Waals surface area contributed by atoms with E-state index in [1.165, 1.54) is 22.8 Å². The smallest absolute Gasteiger partial charge is 0.246 e. The van der Waals surface area contributed by atoms with Gasteiger partial charge in [-0.3, -0.25) is 10.8 Å². The van der Waals surface area contributed by atoms with Crippen LogP contribution in [0.4, 0.5) is 5.69 Å². The molecule has 0 aromatic carbocycles. The van der Waals surface area contributed by atoms with Gasteiger partial charge in [-0.1, -0.05) is 0 Å². The molecule has 0 radical (unpaired) electrons. The van der Waals surface area contributed by atoms with Crippen LogP contribution in [0.5, 0.6) is 0 Å². The lowest BCUT2D eigenvalue weighted by molar-refractivity contribution is 0.102. The Hall–Kier alpha value is -1.22. The van der Waals surface area contributed by atoms with Gasteiger partial charge in [0.1, 0.15) is 4.90 Å². The summed E-state index contributed by atoms with van der Waals surface area (Å²) in [5, 5.41) is 0. The Morgan fingerprint density at radius 3 is 2.89 bits per heavy atom. The molecule has 0 aliphatic carbocycles. The molecule has 2 atom stereocenters. The molecular formula is C11H18N4O3S. The molecule has 0 saturated carbocycles. The van der Waals surface area contributed by atoms with E-state index in [0.29, 0.717) is 18.7 Å². The second-order valence-corrected chi connectivity index (χ2v) is 6.44. The van der Waals surface area contributed by atoms with E-state index in [1.807, 2.05) is 6.92 Å². The first-order valence-corrected chi connectivity index (χ1v) is 7.42. The first kappa shape index (κ1) is 14.2. The zero-order valence-corrected chi connectivity index (χ0v) is 11.7. The van der Waals surface area contributed by atoms with Crippen molar-refractivity contribution in [3.05, 3.63) is 18.5 Å². The number of sulfonamides is 1. The Bertz CT molecular complexity index is 549. The SMILES string of the molecule is CC1OCCC1N(C)S(=O)(=O)c1cnccc1NN. The van der Waals surface area contributed by atoms with Crippen molar-refractivity contribution in [2.45, 2.75) is 30.4 Å². The summed E-state index contributed by atoms with van der Waals surface area (Å²) in [4.78, 5) is 3.92. The van der Waals surface area contributed by atoms with Crippen LogP contribution < -0.4 is 11.3 Å². The third kappa shape index (κ3) is 2.57. The summed E-state index contributed by atoms with van der Waals surface area (Å²) in [6.07, 6.45) is 3.34. The van der Waals surface area contributed by atoms with Crippen molar-refractivity contribution in [3.8, 4) is 0 Å². The van der Waals surface area contributed by atoms with Gasteiger partial charge in [-0.05, 0) is 19.4 Å². The molecule has 1 aromatic rings. The highest BCUT2D eigenvalue weighted by Crippen LogP contribution is 2.27. The zero-order valence-electron chi connectivity index (χ0n) is 10.9. The molecule has 1 aromatic heterocycles. The summed E-state index contributed by atoms with van der Waals surface area (Å²) in [7, 11) is -2.10. The standard InChI is InChI=1S/C11H18N4O3S/c1-8-10(4-6-18-8)15(2)19(16,17)11-7-13-5-3-9(11)14-12/h3,5,7-8,10H,4,6,12H2,1-2H3,(H,13,14). The van der Waals surface area contributed by atoms with Gasteiger partial charge < -0.3 is 10.2 Å². The van der Waals surface area contributed by atoms with Crippen LogP contribution >= 0.6 is 0 Å². The quantitative estimate of drug-likeness (QED) is 0.604. The average Bonchev–Trinajstić information content (AvgIpc) is 2.83. The number of aromatic nitrogens is 1. The molecule has 0 amide bonds. The number of hydrogen-bond acceptors (Lipinski definition) is 6. The molecule has 106 valence electrons. The predicted octanol–water partition coefficient (Wildman–Crippen LogP) is 0.165. The van der Waals surface area contributed by atoms with E-state index in [1.54, 1.807) is 7.05 Å². The van der Waals surface area contributed by atoms with Crippen LogP contribution in [0, 0.1) is 0 Å². The van der Waals surface area contributed by atoms with E-state index in [-0.39, 0.29) is 17.0 Å². The first-order chi connectivity index (χ1) is 8.98. The van der Waals surface area contributed by atoms with Gasteiger partial charge in [0.15, 0.2) is 0 Å². The maximum Gasteiger partial charge on any atom is 0.246 e. The van der Waals surface area contributed by atoms with Crippen molar-refractivity contribution < 1.29 is 13.2 Å². The van der Waals surface area contributed by atoms with E-state index in [4.69, 9.17) is 10.6 Å². The molecule has 7 nitrogen and oxygen atoms in total. The number of hydrogen-bond donors (Lipinski definition) is 2. The molecule has 1 aliphatic rings. The van der Waals surface area contributed by atoms with Crippen molar-refractivity contribution in [3.63, 3.8) is 0 Å². The number of nitrogen functional groups attached to an aromatic ring is 1. The van der Waals surface area contributed by atoms with Crippen LogP contribution in [0.3, 0.4) is 0 Å². The number of nitrogens with one attached hydrogen (secondary N) is 1. The van der Waals surface area contributed by atoms with Gasteiger partial charge in [-0.15, -0.1) is 0 Å². The van der Waals surface area contributed by atoms with Crippen molar-refractivity contribution in [2.24, 2.45) is 5.84 Å². The molecular weight excluding hydrogens is 268 g/mol. The van der Waals surface area contributed by atoms with Crippen molar-refractivity contribution in [1.29, 1.82) is 0 Å². The van der Waals surface area contributed by atoms with Crippen LogP contribution in [0.2, 0.25) is 0 Å². The minimum absolute atomic E-state index is 0.0686. The predicted molar refractivity (Wildman–Crippen MR) is 70.8 cm³/mol. The lowest BCUT2D eigenvalue weighted by Crippen LogP contribution is -2.41. The number of anilines is 1. The molecule has 0 spiro atoms. The van der Waals surface area contributed by atoms with Crippen LogP contribution in [0.25, 0.3) is 0 Å². The summed E-state index contributed by atoms with van der Waals surface area (Å²) in [5.74, 6) is 5.34. The summed E-state index contributed by atoms with van der Waals surface area (Å²) < 4.78 is 31.9. The van der Waals surface area contributed by atoms with Gasteiger partial charge in [0.25, 0.3) is 0 Å². The molecule has 8 heteroatoms. The van der Waals surface area contributed by atoms with Gasteiger partial charge in [0.2, 0.25) is 10.0 Å². The number of pyridine rings is 1. The minimum Gasteiger partial charge on any atom is -0.377 e. The van der Waals surface area contributed by atoms with E-state index in [9.17, 15) is 8.42 Å². The normalized spacial score (nSPS) is 23.8. The third-order valence-corrected chi connectivity index (χ3v) is 5.31. The second kappa shape index (κ2) is 5.41. The van der Waals surface area contributed by atoms with Gasteiger partial charge in [-0.2, -0.15) is 4.31 Å². The Balaban J connectivity index is 2.36. The third-order valence-electron chi connectivity index (χ3n) is 3.40. The van der Waals surface area contributed by atoms with E-state index in [2.05, 4.69) is 10.4 Å². The molecule has 2 heterocycles. The Kier molecular flexibility index (Phi) is 4.04. The van der Waals surface area contributed by atoms with Crippen molar-refractivity contribution in [2.75, 3.05) is 19.1 Å². The van der Waals surface area contributed by atoms with Crippen LogP contribution in [0.15, 0.2) is 23.4 Å². The first-order valence-electron chi connectivity index (χ1n) is 5.98. The lowest BCUT2D eigenvalue weighted by atomic mass is 10.2. The Morgan fingerprint density at radius 2 is 2.32 bits per heavy atom. The van der Waals surface area contributed by atoms with Gasteiger partial charge in [0, 0.05) is 26.0 Å². The topological polar surface area (TPSA) is 97.5 Å². The van der Waals surface area contributed by atoms with Crippen molar-refractivity contribution >= 4 is 15.7 Å². The number of nitrogens with zero attached hydrogens (tertiary/aromatic N) is 2. The average molecular weight is 286 g/mol. The highest BCUT2D eigenvalue weighted by molar-refractivity contribution is 7.89. The molecule has 19 heavy (non-hydrogen) atoms. The monoisotopic (exact) mass is 286 g/mol. The number of rotatable bonds is 4. The highest BCUT2D eigenvalue weighted by Gasteiger charge is 2.36. The summed E-state index contributed by atoms with van der Waals surface area (Å²) in [6.45, 7) is 2.44. The fraction of sp³-hybridized carbons (Fsp3) is 0.545. The Labute approximate surface area is 112 Å². The van der Waals surface area contributed by atoms with Crippen LogP contribution in [-0.4, -0.2) is 43.5 Å². The number of hydrazine groups is 1. The van der Waals surface area contributed by atoms with Gasteiger partial charge in [-0.25, -0.2) is 8.42 Å². The molecule has 1 aliphatic heterocycles. The minimum atomic E-state index is -3.65. The Morgan fingerprint density at radius 1 is 1.58 bits per heavy atom. The lowest BCUT2D eigenvalue weighted by Gasteiger charge is -2.26. The van der Waals surface area contributed by atoms with E-state index >= 15 is 0 Å².